The minimum absolute atomic E-state index is 0.110. The van der Waals surface area contributed by atoms with Gasteiger partial charge in [-0.15, -0.1) is 22.0 Å². The Bertz CT molecular complexity index is 541. The second-order valence-corrected chi connectivity index (χ2v) is 7.24. The Kier molecular flexibility index (Phi) is 3.63. The average molecular weight is 284 g/mol. The monoisotopic (exact) mass is 284 g/mol. The van der Waals surface area contributed by atoms with E-state index < -0.39 is 0 Å². The highest BCUT2D eigenvalue weighted by molar-refractivity contribution is 8.00. The van der Waals surface area contributed by atoms with Crippen LogP contribution in [0.4, 0.5) is 5.13 Å². The molecule has 0 spiro atoms. The summed E-state index contributed by atoms with van der Waals surface area (Å²) in [7, 11) is 0. The fourth-order valence-corrected chi connectivity index (χ4v) is 3.14. The summed E-state index contributed by atoms with van der Waals surface area (Å²) in [6.45, 7) is 8.09. The molecule has 2 rings (SSSR count). The summed E-state index contributed by atoms with van der Waals surface area (Å²) in [5.74, 6) is 1.95. The molecule has 5 nitrogen and oxygen atoms in total. The molecule has 0 unspecified atom stereocenters. The third kappa shape index (κ3) is 3.02. The molecule has 0 radical (unpaired) electrons. The molecule has 98 valence electrons. The van der Waals surface area contributed by atoms with Crippen molar-refractivity contribution in [2.45, 2.75) is 43.1 Å². The van der Waals surface area contributed by atoms with Crippen molar-refractivity contribution >= 4 is 28.2 Å². The Morgan fingerprint density at radius 3 is 2.56 bits per heavy atom. The van der Waals surface area contributed by atoms with Crippen LogP contribution in [0, 0.1) is 6.92 Å². The van der Waals surface area contributed by atoms with Crippen molar-refractivity contribution in [2.24, 2.45) is 0 Å². The number of nitrogen functional groups attached to an aromatic ring is 1. The van der Waals surface area contributed by atoms with Crippen molar-refractivity contribution in [2.75, 3.05) is 5.73 Å². The van der Waals surface area contributed by atoms with Crippen LogP contribution in [0.1, 0.15) is 38.2 Å². The Morgan fingerprint density at radius 2 is 2.06 bits per heavy atom. The highest BCUT2D eigenvalue weighted by Gasteiger charge is 2.21. The Labute approximate surface area is 114 Å². The maximum absolute atomic E-state index is 5.65. The van der Waals surface area contributed by atoms with Crippen LogP contribution in [0.15, 0.2) is 8.63 Å². The van der Waals surface area contributed by atoms with Gasteiger partial charge in [0.15, 0.2) is 5.13 Å². The van der Waals surface area contributed by atoms with Crippen molar-refractivity contribution in [1.82, 2.24) is 15.2 Å². The van der Waals surface area contributed by atoms with Crippen LogP contribution in [-0.4, -0.2) is 15.2 Å². The van der Waals surface area contributed by atoms with Crippen molar-refractivity contribution in [1.29, 1.82) is 0 Å². The van der Waals surface area contributed by atoms with E-state index >= 15 is 0 Å². The minimum atomic E-state index is -0.110. The van der Waals surface area contributed by atoms with Gasteiger partial charge in [0, 0.05) is 5.41 Å². The largest absolute Gasteiger partial charge is 0.424 e. The molecule has 0 aromatic carbocycles. The van der Waals surface area contributed by atoms with Gasteiger partial charge in [-0.05, 0) is 6.92 Å². The quantitative estimate of drug-likeness (QED) is 0.873. The van der Waals surface area contributed by atoms with Gasteiger partial charge in [0.25, 0.3) is 0 Å². The van der Waals surface area contributed by atoms with Gasteiger partial charge < -0.3 is 10.2 Å². The summed E-state index contributed by atoms with van der Waals surface area (Å²) in [5, 5.41) is 8.70. The number of hydrogen-bond donors (Lipinski definition) is 1. The second kappa shape index (κ2) is 4.89. The third-order valence-corrected chi connectivity index (χ3v) is 4.54. The molecule has 0 aliphatic carbocycles. The van der Waals surface area contributed by atoms with Crippen LogP contribution < -0.4 is 5.73 Å². The van der Waals surface area contributed by atoms with Crippen LogP contribution in [0.2, 0.25) is 0 Å². The van der Waals surface area contributed by atoms with Crippen LogP contribution in [0.25, 0.3) is 0 Å². The minimum Gasteiger partial charge on any atom is -0.424 e. The van der Waals surface area contributed by atoms with Crippen LogP contribution in [-0.2, 0) is 11.2 Å². The van der Waals surface area contributed by atoms with Crippen LogP contribution >= 0.6 is 23.1 Å². The molecule has 2 N–H and O–H groups in total. The van der Waals surface area contributed by atoms with Crippen LogP contribution in [0.3, 0.4) is 0 Å². The maximum Gasteiger partial charge on any atom is 0.226 e. The maximum atomic E-state index is 5.65. The zero-order chi connectivity index (χ0) is 13.3. The van der Waals surface area contributed by atoms with Gasteiger partial charge >= 0.3 is 0 Å². The molecule has 0 saturated heterocycles. The number of hydrogen-bond acceptors (Lipinski definition) is 7. The zero-order valence-electron chi connectivity index (χ0n) is 10.9. The first-order chi connectivity index (χ1) is 8.36. The van der Waals surface area contributed by atoms with E-state index in [0.29, 0.717) is 22.7 Å². The lowest BCUT2D eigenvalue weighted by Gasteiger charge is -2.10. The number of nitrogens with zero attached hydrogens (tertiary/aromatic N) is 3. The first-order valence-corrected chi connectivity index (χ1v) is 7.35. The normalized spacial score (nSPS) is 12.0. The molecule has 0 amide bonds. The predicted molar refractivity (Wildman–Crippen MR) is 73.8 cm³/mol. The summed E-state index contributed by atoms with van der Waals surface area (Å²) < 4.78 is 6.73. The number of rotatable bonds is 3. The van der Waals surface area contributed by atoms with Crippen molar-refractivity contribution in [3.05, 3.63) is 17.5 Å². The molecule has 2 aromatic heterocycles. The highest BCUT2D eigenvalue weighted by atomic mass is 32.2. The number of anilines is 1. The van der Waals surface area contributed by atoms with Gasteiger partial charge in [-0.1, -0.05) is 32.1 Å². The average Bonchev–Trinajstić information content (AvgIpc) is 2.81. The molecule has 7 heteroatoms. The lowest BCUT2D eigenvalue weighted by atomic mass is 9.97. The molecule has 0 atom stereocenters. The van der Waals surface area contributed by atoms with E-state index in [1.54, 1.807) is 11.8 Å². The van der Waals surface area contributed by atoms with E-state index in [1.165, 1.54) is 11.3 Å². The topological polar surface area (TPSA) is 77.8 Å². The Balaban J connectivity index is 2.03. The summed E-state index contributed by atoms with van der Waals surface area (Å²) in [6.07, 6.45) is 0. The van der Waals surface area contributed by atoms with E-state index in [4.69, 9.17) is 10.2 Å². The Morgan fingerprint density at radius 1 is 1.33 bits per heavy atom. The van der Waals surface area contributed by atoms with Crippen molar-refractivity contribution in [3.8, 4) is 0 Å². The number of aryl methyl sites for hydroxylation is 1. The first kappa shape index (κ1) is 13.4. The van der Waals surface area contributed by atoms with E-state index in [2.05, 4.69) is 15.2 Å². The lowest BCUT2D eigenvalue weighted by molar-refractivity contribution is 0.378. The van der Waals surface area contributed by atoms with Gasteiger partial charge in [0.2, 0.25) is 11.8 Å². The van der Waals surface area contributed by atoms with E-state index in [-0.39, 0.29) is 5.41 Å². The van der Waals surface area contributed by atoms with E-state index in [9.17, 15) is 0 Å². The molecule has 0 bridgehead atoms. The van der Waals surface area contributed by atoms with Gasteiger partial charge in [0.1, 0.15) is 0 Å². The van der Waals surface area contributed by atoms with Crippen molar-refractivity contribution in [3.63, 3.8) is 0 Å². The number of nitrogens with two attached hydrogens (primary N) is 1. The summed E-state index contributed by atoms with van der Waals surface area (Å²) >= 11 is 3.11. The molecule has 2 aromatic rings. The van der Waals surface area contributed by atoms with Gasteiger partial charge in [-0.2, -0.15) is 0 Å². The fraction of sp³-hybridized carbons (Fsp3) is 0.545. The molecule has 0 saturated carbocycles. The Hall–Kier alpha value is -1.08. The molecule has 0 aliphatic rings. The second-order valence-electron chi connectivity index (χ2n) is 4.96. The predicted octanol–water partition coefficient (Wildman–Crippen LogP) is 3.01. The molecule has 18 heavy (non-hydrogen) atoms. The van der Waals surface area contributed by atoms with Gasteiger partial charge in [-0.25, -0.2) is 4.98 Å². The molecular formula is C11H16N4OS2. The summed E-state index contributed by atoms with van der Waals surface area (Å²) in [4.78, 5) is 4.18. The molecule has 2 heterocycles. The summed E-state index contributed by atoms with van der Waals surface area (Å²) in [6, 6.07) is 0. The molecule has 0 fully saturated rings. The SMILES string of the molecule is Cc1nc(N)sc1SCc1nnc(C(C)(C)C)o1. The summed E-state index contributed by atoms with van der Waals surface area (Å²) in [5.41, 5.74) is 6.50. The van der Waals surface area contributed by atoms with E-state index in [0.717, 1.165) is 9.90 Å². The van der Waals surface area contributed by atoms with Crippen LogP contribution in [0.5, 0.6) is 0 Å². The smallest absolute Gasteiger partial charge is 0.226 e. The highest BCUT2D eigenvalue weighted by Crippen LogP contribution is 2.32. The molecular weight excluding hydrogens is 268 g/mol. The van der Waals surface area contributed by atoms with Gasteiger partial charge in [0.05, 0.1) is 15.7 Å². The molecule has 0 aliphatic heterocycles. The fourth-order valence-electron chi connectivity index (χ4n) is 1.28. The first-order valence-electron chi connectivity index (χ1n) is 5.55. The number of thioether (sulfide) groups is 1. The van der Waals surface area contributed by atoms with Crippen molar-refractivity contribution < 1.29 is 4.42 Å². The number of aromatic nitrogens is 3. The lowest BCUT2D eigenvalue weighted by Crippen LogP contribution is -2.11. The number of thiazole rings is 1. The third-order valence-electron chi connectivity index (χ3n) is 2.21. The van der Waals surface area contributed by atoms with E-state index in [1.807, 2.05) is 27.7 Å². The standard InChI is InChI=1S/C11H16N4OS2/c1-6-8(18-10(12)13-6)17-5-7-14-15-9(16-7)11(2,3)4/h5H2,1-4H3,(H2,12,13). The van der Waals surface area contributed by atoms with Gasteiger partial charge in [-0.3, -0.25) is 0 Å². The zero-order valence-corrected chi connectivity index (χ0v) is 12.5.